The lowest BCUT2D eigenvalue weighted by molar-refractivity contribution is -0.119. The Hall–Kier alpha value is -1.77. The smallest absolute Gasteiger partial charge is 0.221 e. The Morgan fingerprint density at radius 1 is 1.33 bits per heavy atom. The molecule has 1 N–H and O–H groups in total. The number of hydrogen-bond donors (Lipinski definition) is 1. The summed E-state index contributed by atoms with van der Waals surface area (Å²) in [5.74, 6) is 1.22. The first-order valence-electron chi connectivity index (χ1n) is 6.28. The first-order chi connectivity index (χ1) is 8.49. The molecule has 0 saturated carbocycles. The van der Waals surface area contributed by atoms with Crippen LogP contribution in [0.1, 0.15) is 37.5 Å². The summed E-state index contributed by atoms with van der Waals surface area (Å²) in [6.07, 6.45) is 0.539. The predicted molar refractivity (Wildman–Crippen MR) is 70.5 cm³/mol. The van der Waals surface area contributed by atoms with Crippen LogP contribution >= 0.6 is 0 Å². The molecule has 3 rings (SSSR count). The number of amides is 1. The van der Waals surface area contributed by atoms with Crippen LogP contribution in [0.15, 0.2) is 28.7 Å². The van der Waals surface area contributed by atoms with E-state index in [2.05, 4.69) is 25.2 Å². The molecule has 1 aliphatic heterocycles. The van der Waals surface area contributed by atoms with E-state index in [4.69, 9.17) is 4.42 Å². The number of aryl methyl sites for hydroxylation is 1. The maximum atomic E-state index is 11.7. The van der Waals surface area contributed by atoms with Crippen molar-refractivity contribution in [1.29, 1.82) is 0 Å². The van der Waals surface area contributed by atoms with Gasteiger partial charge in [0.15, 0.2) is 0 Å². The highest BCUT2D eigenvalue weighted by atomic mass is 16.3. The van der Waals surface area contributed by atoms with E-state index in [1.54, 1.807) is 0 Å². The lowest BCUT2D eigenvalue weighted by Gasteiger charge is -2.26. The van der Waals surface area contributed by atoms with Crippen LogP contribution in [0.4, 0.5) is 0 Å². The van der Waals surface area contributed by atoms with Crippen LogP contribution in [0.25, 0.3) is 11.0 Å². The van der Waals surface area contributed by atoms with Gasteiger partial charge in [0.25, 0.3) is 0 Å². The number of furan rings is 1. The molecule has 2 heterocycles. The van der Waals surface area contributed by atoms with E-state index in [1.807, 2.05) is 25.1 Å². The SMILES string of the molecule is Cc1oc2ccccc2c1C1CC(=O)NC1(C)C. The largest absolute Gasteiger partial charge is 0.461 e. The zero-order valence-corrected chi connectivity index (χ0v) is 10.9. The number of para-hydroxylation sites is 1. The fraction of sp³-hybridized carbons (Fsp3) is 0.400. The number of nitrogens with one attached hydrogen (secondary N) is 1. The average Bonchev–Trinajstić information content (AvgIpc) is 2.73. The quantitative estimate of drug-likeness (QED) is 0.836. The van der Waals surface area contributed by atoms with Crippen LogP contribution in [0.3, 0.4) is 0 Å². The second kappa shape index (κ2) is 3.61. The Balaban J connectivity index is 2.20. The van der Waals surface area contributed by atoms with Crippen molar-refractivity contribution in [2.45, 2.75) is 38.6 Å². The fourth-order valence-electron chi connectivity index (χ4n) is 3.02. The summed E-state index contributed by atoms with van der Waals surface area (Å²) in [5, 5.41) is 4.17. The number of carbonyl (C=O) groups excluding carboxylic acids is 1. The highest BCUT2D eigenvalue weighted by molar-refractivity contribution is 5.87. The van der Waals surface area contributed by atoms with Crippen molar-refractivity contribution in [2.24, 2.45) is 0 Å². The second-order valence-electron chi connectivity index (χ2n) is 5.59. The summed E-state index contributed by atoms with van der Waals surface area (Å²) in [6.45, 7) is 6.13. The summed E-state index contributed by atoms with van der Waals surface area (Å²) in [6, 6.07) is 8.03. The molecule has 1 atom stereocenters. The minimum atomic E-state index is -0.214. The monoisotopic (exact) mass is 243 g/mol. The maximum Gasteiger partial charge on any atom is 0.221 e. The molecule has 0 aliphatic carbocycles. The predicted octanol–water partition coefficient (Wildman–Crippen LogP) is 3.12. The van der Waals surface area contributed by atoms with Crippen LogP contribution in [-0.2, 0) is 4.79 Å². The van der Waals surface area contributed by atoms with Crippen molar-refractivity contribution in [2.75, 3.05) is 0 Å². The molecule has 0 spiro atoms. The van der Waals surface area contributed by atoms with Crippen molar-refractivity contribution in [3.05, 3.63) is 35.6 Å². The minimum Gasteiger partial charge on any atom is -0.461 e. The van der Waals surface area contributed by atoms with Crippen molar-refractivity contribution < 1.29 is 9.21 Å². The van der Waals surface area contributed by atoms with Gasteiger partial charge in [-0.15, -0.1) is 0 Å². The molecular formula is C15H17NO2. The van der Waals surface area contributed by atoms with E-state index in [9.17, 15) is 4.79 Å². The van der Waals surface area contributed by atoms with E-state index in [-0.39, 0.29) is 17.4 Å². The minimum absolute atomic E-state index is 0.120. The van der Waals surface area contributed by atoms with Crippen LogP contribution < -0.4 is 5.32 Å². The Morgan fingerprint density at radius 3 is 2.72 bits per heavy atom. The van der Waals surface area contributed by atoms with Gasteiger partial charge in [0, 0.05) is 28.8 Å². The average molecular weight is 243 g/mol. The van der Waals surface area contributed by atoms with Crippen LogP contribution in [0.2, 0.25) is 0 Å². The summed E-state index contributed by atoms with van der Waals surface area (Å²) >= 11 is 0. The van der Waals surface area contributed by atoms with Gasteiger partial charge in [0.2, 0.25) is 5.91 Å². The molecule has 2 aromatic rings. The molecule has 3 nitrogen and oxygen atoms in total. The van der Waals surface area contributed by atoms with Crippen LogP contribution in [-0.4, -0.2) is 11.4 Å². The summed E-state index contributed by atoms with van der Waals surface area (Å²) in [5.41, 5.74) is 1.86. The van der Waals surface area contributed by atoms with E-state index in [1.165, 1.54) is 5.56 Å². The van der Waals surface area contributed by atoms with Gasteiger partial charge in [-0.1, -0.05) is 18.2 Å². The molecule has 1 unspecified atom stereocenters. The molecule has 1 aliphatic rings. The Kier molecular flexibility index (Phi) is 2.27. The molecule has 1 saturated heterocycles. The van der Waals surface area contributed by atoms with Gasteiger partial charge < -0.3 is 9.73 Å². The molecular weight excluding hydrogens is 226 g/mol. The normalized spacial score (nSPS) is 22.4. The van der Waals surface area contributed by atoms with E-state index < -0.39 is 0 Å². The lowest BCUT2D eigenvalue weighted by atomic mass is 9.82. The van der Waals surface area contributed by atoms with Gasteiger partial charge in [-0.25, -0.2) is 0 Å². The van der Waals surface area contributed by atoms with E-state index in [0.717, 1.165) is 16.7 Å². The number of carbonyl (C=O) groups is 1. The lowest BCUT2D eigenvalue weighted by Crippen LogP contribution is -2.38. The highest BCUT2D eigenvalue weighted by Gasteiger charge is 2.42. The molecule has 94 valence electrons. The van der Waals surface area contributed by atoms with Crippen LogP contribution in [0.5, 0.6) is 0 Å². The standard InChI is InChI=1S/C15H17NO2/c1-9-14(10-6-4-5-7-12(10)18-9)11-8-13(17)16-15(11,2)3/h4-7,11H,8H2,1-3H3,(H,16,17). The number of rotatable bonds is 1. The maximum absolute atomic E-state index is 11.7. The Labute approximate surface area is 106 Å². The van der Waals surface area contributed by atoms with Crippen molar-refractivity contribution in [1.82, 2.24) is 5.32 Å². The summed E-state index contributed by atoms with van der Waals surface area (Å²) in [7, 11) is 0. The fourth-order valence-corrected chi connectivity index (χ4v) is 3.02. The number of benzene rings is 1. The van der Waals surface area contributed by atoms with Crippen LogP contribution in [0, 0.1) is 6.92 Å². The summed E-state index contributed by atoms with van der Waals surface area (Å²) in [4.78, 5) is 11.7. The van der Waals surface area contributed by atoms with Crippen molar-refractivity contribution >= 4 is 16.9 Å². The van der Waals surface area contributed by atoms with Crippen molar-refractivity contribution in [3.63, 3.8) is 0 Å². The summed E-state index contributed by atoms with van der Waals surface area (Å²) < 4.78 is 5.80. The van der Waals surface area contributed by atoms with Gasteiger partial charge in [-0.3, -0.25) is 4.79 Å². The molecule has 1 aromatic heterocycles. The third-order valence-corrected chi connectivity index (χ3v) is 3.89. The van der Waals surface area contributed by atoms with Gasteiger partial charge in [0.1, 0.15) is 11.3 Å². The van der Waals surface area contributed by atoms with Gasteiger partial charge >= 0.3 is 0 Å². The number of hydrogen-bond acceptors (Lipinski definition) is 2. The van der Waals surface area contributed by atoms with E-state index >= 15 is 0 Å². The first kappa shape index (κ1) is 11.3. The molecule has 1 fully saturated rings. The Morgan fingerprint density at radius 2 is 2.06 bits per heavy atom. The van der Waals surface area contributed by atoms with Gasteiger partial charge in [-0.05, 0) is 26.8 Å². The Bertz CT molecular complexity index is 624. The third kappa shape index (κ3) is 1.54. The second-order valence-corrected chi connectivity index (χ2v) is 5.59. The van der Waals surface area contributed by atoms with E-state index in [0.29, 0.717) is 6.42 Å². The molecule has 0 bridgehead atoms. The molecule has 1 aromatic carbocycles. The third-order valence-electron chi connectivity index (χ3n) is 3.89. The van der Waals surface area contributed by atoms with Gasteiger partial charge in [-0.2, -0.15) is 0 Å². The molecule has 3 heteroatoms. The van der Waals surface area contributed by atoms with Gasteiger partial charge in [0.05, 0.1) is 0 Å². The first-order valence-corrected chi connectivity index (χ1v) is 6.28. The highest BCUT2D eigenvalue weighted by Crippen LogP contribution is 2.42. The molecule has 18 heavy (non-hydrogen) atoms. The molecule has 0 radical (unpaired) electrons. The number of fused-ring (bicyclic) bond motifs is 1. The van der Waals surface area contributed by atoms with Crippen molar-refractivity contribution in [3.8, 4) is 0 Å². The zero-order chi connectivity index (χ0) is 12.9. The topological polar surface area (TPSA) is 42.2 Å². The zero-order valence-electron chi connectivity index (χ0n) is 10.9. The molecule has 1 amide bonds.